The minimum absolute atomic E-state index is 0.00275. The number of nitrogens with zero attached hydrogens (tertiary/aromatic N) is 2. The zero-order valence-electron chi connectivity index (χ0n) is 9.64. The molecule has 0 unspecified atom stereocenters. The molecule has 0 bridgehead atoms. The van der Waals surface area contributed by atoms with Gasteiger partial charge in [0.2, 0.25) is 10.0 Å². The highest BCUT2D eigenvalue weighted by Crippen LogP contribution is 2.25. The summed E-state index contributed by atoms with van der Waals surface area (Å²) >= 11 is 3.20. The number of H-pyrrole nitrogens is 1. The van der Waals surface area contributed by atoms with Crippen LogP contribution in [0.4, 0.5) is 0 Å². The molecule has 0 aliphatic carbocycles. The highest BCUT2D eigenvalue weighted by Gasteiger charge is 2.22. The van der Waals surface area contributed by atoms with Crippen molar-refractivity contribution in [3.05, 3.63) is 33.3 Å². The Hall–Kier alpha value is -1.25. The molecule has 0 saturated carbocycles. The molecule has 0 aliphatic heterocycles. The van der Waals surface area contributed by atoms with Gasteiger partial charge in [-0.25, -0.2) is 17.7 Å². The fourth-order valence-corrected chi connectivity index (χ4v) is 3.19. The molecule has 8 heteroatoms. The number of fused-ring (bicyclic) bond motifs is 1. The minimum atomic E-state index is -3.65. The average Bonchev–Trinajstić information content (AvgIpc) is 2.29. The zero-order valence-corrected chi connectivity index (χ0v) is 12.0. The molecule has 6 nitrogen and oxygen atoms in total. The van der Waals surface area contributed by atoms with Gasteiger partial charge in [-0.1, -0.05) is 15.9 Å². The fourth-order valence-electron chi connectivity index (χ4n) is 1.51. The lowest BCUT2D eigenvalue weighted by Gasteiger charge is -2.13. The van der Waals surface area contributed by atoms with Gasteiger partial charge in [0.05, 0.1) is 17.2 Å². The van der Waals surface area contributed by atoms with Crippen LogP contribution in [-0.4, -0.2) is 36.8 Å². The molecule has 0 amide bonds. The first-order chi connectivity index (χ1) is 8.34. The standard InChI is InChI=1S/C10H10BrN3O3S/c1-14(2)18(16,17)8-4-6(11)3-7-9(8)12-5-13-10(7)15/h3-5H,1-2H3,(H,12,13,15). The molecule has 18 heavy (non-hydrogen) atoms. The molecule has 96 valence electrons. The average molecular weight is 332 g/mol. The van der Waals surface area contributed by atoms with Crippen LogP contribution in [0.15, 0.2) is 32.6 Å². The van der Waals surface area contributed by atoms with Crippen LogP contribution >= 0.6 is 15.9 Å². The third kappa shape index (κ3) is 2.06. The Morgan fingerprint density at radius 1 is 1.33 bits per heavy atom. The second-order valence-corrected chi connectivity index (χ2v) is 6.86. The van der Waals surface area contributed by atoms with Crippen LogP contribution in [0.25, 0.3) is 10.9 Å². The summed E-state index contributed by atoms with van der Waals surface area (Å²) in [5.41, 5.74) is -0.216. The Balaban J connectivity index is 2.97. The van der Waals surface area contributed by atoms with Crippen LogP contribution < -0.4 is 5.56 Å². The maximum atomic E-state index is 12.2. The predicted molar refractivity (Wildman–Crippen MR) is 70.9 cm³/mol. The maximum absolute atomic E-state index is 12.2. The first-order valence-electron chi connectivity index (χ1n) is 4.93. The largest absolute Gasteiger partial charge is 0.313 e. The van der Waals surface area contributed by atoms with Crippen LogP contribution in [0.5, 0.6) is 0 Å². The molecule has 1 aromatic heterocycles. The first kappa shape index (κ1) is 13.2. The molecule has 2 aromatic rings. The van der Waals surface area contributed by atoms with E-state index in [0.29, 0.717) is 4.47 Å². The van der Waals surface area contributed by atoms with Gasteiger partial charge in [-0.05, 0) is 12.1 Å². The van der Waals surface area contributed by atoms with Crippen molar-refractivity contribution in [1.29, 1.82) is 0 Å². The summed E-state index contributed by atoms with van der Waals surface area (Å²) in [6.45, 7) is 0. The molecular weight excluding hydrogens is 322 g/mol. The number of halogens is 1. The van der Waals surface area contributed by atoms with Gasteiger partial charge in [0.1, 0.15) is 4.90 Å². The number of rotatable bonds is 2. The SMILES string of the molecule is CN(C)S(=O)(=O)c1cc(Br)cc2c(=O)[nH]cnc12. The Labute approximate surface area is 112 Å². The van der Waals surface area contributed by atoms with E-state index in [2.05, 4.69) is 25.9 Å². The van der Waals surface area contributed by atoms with E-state index >= 15 is 0 Å². The Kier molecular flexibility index (Phi) is 3.26. The molecule has 1 N–H and O–H groups in total. The number of aromatic amines is 1. The quantitative estimate of drug-likeness (QED) is 0.887. The molecule has 0 aliphatic rings. The van der Waals surface area contributed by atoms with Crippen LogP contribution in [0.2, 0.25) is 0 Å². The minimum Gasteiger partial charge on any atom is -0.313 e. The molecule has 2 rings (SSSR count). The van der Waals surface area contributed by atoms with Crippen molar-refractivity contribution >= 4 is 36.9 Å². The molecule has 1 aromatic carbocycles. The monoisotopic (exact) mass is 331 g/mol. The number of benzene rings is 1. The molecule has 0 fully saturated rings. The number of hydrogen-bond donors (Lipinski definition) is 1. The Morgan fingerprint density at radius 2 is 2.00 bits per heavy atom. The smallest absolute Gasteiger partial charge is 0.258 e. The van der Waals surface area contributed by atoms with Crippen LogP contribution in [-0.2, 0) is 10.0 Å². The maximum Gasteiger partial charge on any atom is 0.258 e. The summed E-state index contributed by atoms with van der Waals surface area (Å²) in [5.74, 6) is 0. The van der Waals surface area contributed by atoms with E-state index in [1.54, 1.807) is 0 Å². The van der Waals surface area contributed by atoms with E-state index in [1.165, 1.54) is 32.6 Å². The van der Waals surface area contributed by atoms with Crippen LogP contribution in [0.3, 0.4) is 0 Å². The summed E-state index contributed by atoms with van der Waals surface area (Å²) in [5, 5.41) is 0.229. The van der Waals surface area contributed by atoms with Gasteiger partial charge in [0.25, 0.3) is 5.56 Å². The van der Waals surface area contributed by atoms with E-state index in [4.69, 9.17) is 0 Å². The molecule has 0 saturated heterocycles. The number of sulfonamides is 1. The van der Waals surface area contributed by atoms with E-state index in [-0.39, 0.29) is 21.4 Å². The van der Waals surface area contributed by atoms with Crippen molar-refractivity contribution < 1.29 is 8.42 Å². The number of nitrogens with one attached hydrogen (secondary N) is 1. The van der Waals surface area contributed by atoms with Gasteiger partial charge in [-0.2, -0.15) is 0 Å². The summed E-state index contributed by atoms with van der Waals surface area (Å²) in [4.78, 5) is 18.0. The lowest BCUT2D eigenvalue weighted by molar-refractivity contribution is 0.521. The summed E-state index contributed by atoms with van der Waals surface area (Å²) in [7, 11) is -0.803. The van der Waals surface area contributed by atoms with Gasteiger partial charge in [-0.15, -0.1) is 0 Å². The lowest BCUT2D eigenvalue weighted by atomic mass is 10.2. The van der Waals surface area contributed by atoms with E-state index in [0.717, 1.165) is 4.31 Å². The van der Waals surface area contributed by atoms with Crippen LogP contribution in [0, 0.1) is 0 Å². The third-order valence-corrected chi connectivity index (χ3v) is 4.72. The predicted octanol–water partition coefficient (Wildman–Crippen LogP) is 0.936. The van der Waals surface area contributed by atoms with Crippen molar-refractivity contribution in [2.75, 3.05) is 14.1 Å². The van der Waals surface area contributed by atoms with E-state index in [1.807, 2.05) is 0 Å². The van der Waals surface area contributed by atoms with Crippen molar-refractivity contribution in [2.24, 2.45) is 0 Å². The van der Waals surface area contributed by atoms with Crippen molar-refractivity contribution in [3.63, 3.8) is 0 Å². The Bertz CT molecular complexity index is 768. The highest BCUT2D eigenvalue weighted by molar-refractivity contribution is 9.10. The van der Waals surface area contributed by atoms with Gasteiger partial charge in [0.15, 0.2) is 0 Å². The number of aromatic nitrogens is 2. The second-order valence-electron chi connectivity index (χ2n) is 3.82. The topological polar surface area (TPSA) is 83.1 Å². The van der Waals surface area contributed by atoms with Crippen molar-refractivity contribution in [3.8, 4) is 0 Å². The van der Waals surface area contributed by atoms with Crippen LogP contribution in [0.1, 0.15) is 0 Å². The zero-order chi connectivity index (χ0) is 13.5. The number of hydrogen-bond acceptors (Lipinski definition) is 4. The molecule has 1 heterocycles. The lowest BCUT2D eigenvalue weighted by Crippen LogP contribution is -2.23. The van der Waals surface area contributed by atoms with E-state index < -0.39 is 10.0 Å². The molecule has 0 spiro atoms. The summed E-state index contributed by atoms with van der Waals surface area (Å²) in [6, 6.07) is 2.97. The molecule has 0 atom stereocenters. The third-order valence-electron chi connectivity index (χ3n) is 2.43. The Morgan fingerprint density at radius 3 is 2.61 bits per heavy atom. The van der Waals surface area contributed by atoms with Crippen molar-refractivity contribution in [1.82, 2.24) is 14.3 Å². The van der Waals surface area contributed by atoms with E-state index in [9.17, 15) is 13.2 Å². The van der Waals surface area contributed by atoms with Gasteiger partial charge < -0.3 is 4.98 Å². The second kappa shape index (κ2) is 4.45. The summed E-state index contributed by atoms with van der Waals surface area (Å²) in [6.07, 6.45) is 1.19. The summed E-state index contributed by atoms with van der Waals surface area (Å²) < 4.78 is 25.9. The van der Waals surface area contributed by atoms with Gasteiger partial charge >= 0.3 is 0 Å². The molecule has 0 radical (unpaired) electrons. The highest BCUT2D eigenvalue weighted by atomic mass is 79.9. The first-order valence-corrected chi connectivity index (χ1v) is 7.17. The molecular formula is C10H10BrN3O3S. The van der Waals surface area contributed by atoms with Gasteiger partial charge in [0, 0.05) is 18.6 Å². The van der Waals surface area contributed by atoms with Gasteiger partial charge in [-0.3, -0.25) is 4.79 Å². The normalized spacial score (nSPS) is 12.2. The fraction of sp³-hybridized carbons (Fsp3) is 0.200. The van der Waals surface area contributed by atoms with Crippen molar-refractivity contribution in [2.45, 2.75) is 4.90 Å².